The Bertz CT molecular complexity index is 898. The van der Waals surface area contributed by atoms with E-state index < -0.39 is 6.04 Å². The molecule has 5 rings (SSSR count). The van der Waals surface area contributed by atoms with Crippen molar-refractivity contribution in [2.24, 2.45) is 5.92 Å². The lowest BCUT2D eigenvalue weighted by molar-refractivity contribution is -0.137. The fraction of sp³-hybridized carbons (Fsp3) is 0.680. The van der Waals surface area contributed by atoms with E-state index in [4.69, 9.17) is 4.74 Å². The normalized spacial score (nSPS) is 25.5. The Hall–Kier alpha value is -2.56. The molecule has 2 unspecified atom stereocenters. The van der Waals surface area contributed by atoms with E-state index in [-0.39, 0.29) is 29.7 Å². The van der Waals surface area contributed by atoms with Crippen molar-refractivity contribution in [3.63, 3.8) is 0 Å². The molecule has 10 nitrogen and oxygen atoms in total. The zero-order valence-electron chi connectivity index (χ0n) is 20.3. The number of morpholine rings is 1. The van der Waals surface area contributed by atoms with Crippen molar-refractivity contribution in [2.45, 2.75) is 31.3 Å². The quantitative estimate of drug-likeness (QED) is 0.566. The number of carbonyl (C=O) groups is 3. The number of aromatic nitrogens is 1. The predicted molar refractivity (Wildman–Crippen MR) is 129 cm³/mol. The second-order valence-corrected chi connectivity index (χ2v) is 9.94. The zero-order valence-corrected chi connectivity index (χ0v) is 20.3. The molecule has 3 saturated heterocycles. The van der Waals surface area contributed by atoms with E-state index in [2.05, 4.69) is 15.2 Å². The standard InChI is InChI=1S/C25H36N6O4/c32-23(19-3-4-19)30(11-10-28-12-14-35-15-13-28)21-16-22(25(34)29-8-6-26-7-9-29)31(18-21)24(33)20-2-1-5-27-17-20/h1-2,5,17,19,21-22,26H,3-4,6-16,18H2. The molecular formula is C25H36N6O4. The van der Waals surface area contributed by atoms with Gasteiger partial charge in [0.1, 0.15) is 6.04 Å². The lowest BCUT2D eigenvalue weighted by Crippen LogP contribution is -2.53. The van der Waals surface area contributed by atoms with Gasteiger partial charge in [-0.15, -0.1) is 0 Å². The minimum absolute atomic E-state index is 0.0155. The van der Waals surface area contributed by atoms with E-state index in [1.54, 1.807) is 29.4 Å². The van der Waals surface area contributed by atoms with E-state index in [1.165, 1.54) is 0 Å². The first-order valence-electron chi connectivity index (χ1n) is 12.9. The number of ether oxygens (including phenoxy) is 1. The van der Waals surface area contributed by atoms with Crippen LogP contribution in [-0.4, -0.2) is 127 Å². The maximum Gasteiger partial charge on any atom is 0.256 e. The number of hydrogen-bond acceptors (Lipinski definition) is 7. The molecule has 1 aliphatic carbocycles. The van der Waals surface area contributed by atoms with Crippen LogP contribution in [0.25, 0.3) is 0 Å². The molecule has 35 heavy (non-hydrogen) atoms. The summed E-state index contributed by atoms with van der Waals surface area (Å²) < 4.78 is 5.46. The molecule has 4 aliphatic rings. The van der Waals surface area contributed by atoms with Gasteiger partial charge in [-0.2, -0.15) is 0 Å². The number of piperazine rings is 1. The second-order valence-electron chi connectivity index (χ2n) is 9.94. The Labute approximate surface area is 206 Å². The molecule has 0 bridgehead atoms. The molecule has 1 aromatic heterocycles. The molecule has 4 heterocycles. The fourth-order valence-corrected chi connectivity index (χ4v) is 5.36. The molecule has 3 aliphatic heterocycles. The van der Waals surface area contributed by atoms with E-state index in [0.29, 0.717) is 51.4 Å². The van der Waals surface area contributed by atoms with Crippen LogP contribution in [0.4, 0.5) is 0 Å². The van der Waals surface area contributed by atoms with Gasteiger partial charge in [-0.1, -0.05) is 0 Å². The van der Waals surface area contributed by atoms with E-state index in [0.717, 1.165) is 45.6 Å². The molecule has 1 aromatic rings. The van der Waals surface area contributed by atoms with Crippen LogP contribution in [0.1, 0.15) is 29.6 Å². The minimum Gasteiger partial charge on any atom is -0.379 e. The topological polar surface area (TPSA) is 98.3 Å². The number of likely N-dealkylation sites (tertiary alicyclic amines) is 1. The van der Waals surface area contributed by atoms with Gasteiger partial charge in [-0.05, 0) is 31.4 Å². The molecule has 3 amide bonds. The van der Waals surface area contributed by atoms with Gasteiger partial charge in [-0.25, -0.2) is 0 Å². The van der Waals surface area contributed by atoms with Crippen LogP contribution >= 0.6 is 0 Å². The molecule has 1 saturated carbocycles. The Morgan fingerprint density at radius 3 is 2.57 bits per heavy atom. The molecule has 10 heteroatoms. The van der Waals surface area contributed by atoms with Crippen LogP contribution in [0.5, 0.6) is 0 Å². The Kier molecular flexibility index (Phi) is 7.60. The molecule has 0 radical (unpaired) electrons. The first-order valence-corrected chi connectivity index (χ1v) is 12.9. The number of carbonyl (C=O) groups excluding carboxylic acids is 3. The lowest BCUT2D eigenvalue weighted by Gasteiger charge is -2.33. The van der Waals surface area contributed by atoms with Crippen molar-refractivity contribution in [2.75, 3.05) is 72.1 Å². The summed E-state index contributed by atoms with van der Waals surface area (Å²) in [6, 6.07) is 2.74. The van der Waals surface area contributed by atoms with Crippen LogP contribution < -0.4 is 5.32 Å². The summed E-state index contributed by atoms with van der Waals surface area (Å²) in [5, 5.41) is 3.28. The molecule has 4 fully saturated rings. The lowest BCUT2D eigenvalue weighted by atomic mass is 10.1. The van der Waals surface area contributed by atoms with Crippen molar-refractivity contribution in [3.05, 3.63) is 30.1 Å². The van der Waals surface area contributed by atoms with Crippen LogP contribution in [0.15, 0.2) is 24.5 Å². The third-order valence-corrected chi connectivity index (χ3v) is 7.57. The zero-order chi connectivity index (χ0) is 24.2. The third kappa shape index (κ3) is 5.65. The monoisotopic (exact) mass is 484 g/mol. The van der Waals surface area contributed by atoms with Crippen molar-refractivity contribution < 1.29 is 19.1 Å². The fourth-order valence-electron chi connectivity index (χ4n) is 5.36. The first-order chi connectivity index (χ1) is 17.1. The maximum atomic E-state index is 13.6. The molecule has 0 spiro atoms. The van der Waals surface area contributed by atoms with E-state index in [1.807, 2.05) is 9.80 Å². The van der Waals surface area contributed by atoms with Crippen molar-refractivity contribution in [1.29, 1.82) is 0 Å². The number of rotatable bonds is 7. The first kappa shape index (κ1) is 24.1. The van der Waals surface area contributed by atoms with Crippen LogP contribution in [0.3, 0.4) is 0 Å². The summed E-state index contributed by atoms with van der Waals surface area (Å²) in [7, 11) is 0. The highest BCUT2D eigenvalue weighted by molar-refractivity contribution is 5.98. The molecule has 190 valence electrons. The number of amides is 3. The summed E-state index contributed by atoms with van der Waals surface area (Å²) in [6.07, 6.45) is 5.53. The van der Waals surface area contributed by atoms with Gasteiger partial charge in [0, 0.05) is 77.2 Å². The average Bonchev–Trinajstić information content (AvgIpc) is 3.68. The van der Waals surface area contributed by atoms with Gasteiger partial charge < -0.3 is 24.8 Å². The van der Waals surface area contributed by atoms with Crippen molar-refractivity contribution in [3.8, 4) is 0 Å². The summed E-state index contributed by atoms with van der Waals surface area (Å²) in [5.41, 5.74) is 0.472. The molecule has 1 N–H and O–H groups in total. The molecule has 2 atom stereocenters. The van der Waals surface area contributed by atoms with Crippen LogP contribution in [-0.2, 0) is 14.3 Å². The summed E-state index contributed by atoms with van der Waals surface area (Å²) >= 11 is 0. The Morgan fingerprint density at radius 1 is 1.11 bits per heavy atom. The summed E-state index contributed by atoms with van der Waals surface area (Å²) in [6.45, 7) is 7.72. The van der Waals surface area contributed by atoms with Crippen LogP contribution in [0, 0.1) is 5.92 Å². The third-order valence-electron chi connectivity index (χ3n) is 7.57. The largest absolute Gasteiger partial charge is 0.379 e. The Morgan fingerprint density at radius 2 is 1.89 bits per heavy atom. The summed E-state index contributed by atoms with van der Waals surface area (Å²) in [5.74, 6) is 0.0525. The van der Waals surface area contributed by atoms with Gasteiger partial charge in [0.05, 0.1) is 24.8 Å². The van der Waals surface area contributed by atoms with Crippen LogP contribution in [0.2, 0.25) is 0 Å². The maximum absolute atomic E-state index is 13.6. The van der Waals surface area contributed by atoms with Gasteiger partial charge in [0.15, 0.2) is 0 Å². The number of pyridine rings is 1. The highest BCUT2D eigenvalue weighted by Crippen LogP contribution is 2.34. The van der Waals surface area contributed by atoms with Gasteiger partial charge in [0.25, 0.3) is 5.91 Å². The van der Waals surface area contributed by atoms with Gasteiger partial charge in [-0.3, -0.25) is 24.3 Å². The van der Waals surface area contributed by atoms with E-state index >= 15 is 0 Å². The molecule has 0 aromatic carbocycles. The average molecular weight is 485 g/mol. The predicted octanol–water partition coefficient (Wildman–Crippen LogP) is -0.333. The number of nitrogens with one attached hydrogen (secondary N) is 1. The smallest absolute Gasteiger partial charge is 0.256 e. The molecular weight excluding hydrogens is 448 g/mol. The van der Waals surface area contributed by atoms with Crippen molar-refractivity contribution >= 4 is 17.7 Å². The van der Waals surface area contributed by atoms with Crippen molar-refractivity contribution in [1.82, 2.24) is 29.9 Å². The SMILES string of the molecule is O=C(C1CC(N(CCN2CCOCC2)C(=O)C2CC2)CN1C(=O)c1cccnc1)N1CCNCC1. The summed E-state index contributed by atoms with van der Waals surface area (Å²) in [4.78, 5) is 52.4. The van der Waals surface area contributed by atoms with E-state index in [9.17, 15) is 14.4 Å². The minimum atomic E-state index is -0.566. The van der Waals surface area contributed by atoms with Gasteiger partial charge >= 0.3 is 0 Å². The van der Waals surface area contributed by atoms with Gasteiger partial charge in [0.2, 0.25) is 11.8 Å². The highest BCUT2D eigenvalue weighted by atomic mass is 16.5. The highest BCUT2D eigenvalue weighted by Gasteiger charge is 2.46. The number of nitrogens with zero attached hydrogens (tertiary/aromatic N) is 5. The second kappa shape index (κ2) is 11.0. The Balaban J connectivity index is 1.35. The number of hydrogen-bond donors (Lipinski definition) is 1.